The number of nitrogens with two attached hydrogens (primary N) is 2. The highest BCUT2D eigenvalue weighted by molar-refractivity contribution is 5.72. The maximum atomic E-state index is 6.41. The van der Waals surface area contributed by atoms with Crippen molar-refractivity contribution in [3.8, 4) is 5.69 Å². The first-order valence-corrected chi connectivity index (χ1v) is 7.31. The van der Waals surface area contributed by atoms with E-state index in [2.05, 4.69) is 21.7 Å². The van der Waals surface area contributed by atoms with Gasteiger partial charge in [-0.3, -0.25) is 0 Å². The number of anilines is 1. The van der Waals surface area contributed by atoms with Crippen molar-refractivity contribution >= 4 is 17.7 Å². The average Bonchev–Trinajstić information content (AvgIpc) is 3.05. The zero-order chi connectivity index (χ0) is 14.6. The number of nitrogen functional groups attached to an aromatic ring is 1. The van der Waals surface area contributed by atoms with E-state index in [-0.39, 0.29) is 6.17 Å². The van der Waals surface area contributed by atoms with Crippen LogP contribution in [0.15, 0.2) is 29.3 Å². The minimum Gasteiger partial charge on any atom is -0.399 e. The number of nitrogens with zero attached hydrogens (tertiary/aromatic N) is 3. The quantitative estimate of drug-likeness (QED) is 0.786. The van der Waals surface area contributed by atoms with Gasteiger partial charge in [-0.05, 0) is 49.1 Å². The molecule has 0 amide bonds. The Balaban J connectivity index is 1.99. The lowest BCUT2D eigenvalue weighted by Crippen LogP contribution is -2.33. The van der Waals surface area contributed by atoms with Gasteiger partial charge in [-0.1, -0.05) is 0 Å². The molecular formula is C16H19N5. The van der Waals surface area contributed by atoms with Gasteiger partial charge in [-0.25, -0.2) is 4.99 Å². The molecule has 0 radical (unpaired) electrons. The molecule has 2 aromatic rings. The second-order valence-electron chi connectivity index (χ2n) is 5.79. The molecule has 0 saturated carbocycles. The molecule has 0 fully saturated rings. The summed E-state index contributed by atoms with van der Waals surface area (Å²) in [6, 6.07) is 7.98. The first-order valence-electron chi connectivity index (χ1n) is 7.31. The van der Waals surface area contributed by atoms with E-state index in [0.717, 1.165) is 35.6 Å². The summed E-state index contributed by atoms with van der Waals surface area (Å²) in [6.07, 6.45) is 5.03. The van der Waals surface area contributed by atoms with Gasteiger partial charge in [0.1, 0.15) is 6.17 Å². The lowest BCUT2D eigenvalue weighted by Gasteiger charge is -2.28. The van der Waals surface area contributed by atoms with Crippen molar-refractivity contribution in [1.29, 1.82) is 0 Å². The van der Waals surface area contributed by atoms with Crippen LogP contribution in [0.4, 0.5) is 11.4 Å². The van der Waals surface area contributed by atoms with Crippen LogP contribution in [0.1, 0.15) is 29.5 Å². The highest BCUT2D eigenvalue weighted by Gasteiger charge is 2.32. The lowest BCUT2D eigenvalue weighted by molar-refractivity contribution is 0.378. The van der Waals surface area contributed by atoms with Gasteiger partial charge in [0.15, 0.2) is 0 Å². The summed E-state index contributed by atoms with van der Waals surface area (Å²) < 4.78 is 2.29. The number of benzene rings is 1. The van der Waals surface area contributed by atoms with E-state index < -0.39 is 0 Å². The Labute approximate surface area is 123 Å². The molecule has 5 nitrogen and oxygen atoms in total. The molecule has 1 aromatic carbocycles. The van der Waals surface area contributed by atoms with Gasteiger partial charge in [0.2, 0.25) is 0 Å². The van der Waals surface area contributed by atoms with Crippen molar-refractivity contribution in [3.05, 3.63) is 41.2 Å². The number of hydrogen-bond acceptors (Lipinski definition) is 4. The van der Waals surface area contributed by atoms with E-state index >= 15 is 0 Å². The summed E-state index contributed by atoms with van der Waals surface area (Å²) in [4.78, 5) is 6.58. The third-order valence-corrected chi connectivity index (χ3v) is 4.47. The van der Waals surface area contributed by atoms with E-state index in [1.165, 1.54) is 17.7 Å². The molecule has 21 heavy (non-hydrogen) atoms. The van der Waals surface area contributed by atoms with Crippen LogP contribution in [0.2, 0.25) is 0 Å². The van der Waals surface area contributed by atoms with Crippen molar-refractivity contribution in [2.45, 2.75) is 25.4 Å². The predicted molar refractivity (Wildman–Crippen MR) is 85.0 cm³/mol. The van der Waals surface area contributed by atoms with Crippen LogP contribution in [-0.2, 0) is 12.8 Å². The number of aromatic nitrogens is 1. The van der Waals surface area contributed by atoms with Crippen LogP contribution in [0.25, 0.3) is 5.69 Å². The molecule has 0 spiro atoms. The average molecular weight is 281 g/mol. The molecule has 4 N–H and O–H groups in total. The van der Waals surface area contributed by atoms with Crippen LogP contribution in [0.5, 0.6) is 0 Å². The van der Waals surface area contributed by atoms with Crippen molar-refractivity contribution in [1.82, 2.24) is 9.47 Å². The highest BCUT2D eigenvalue weighted by atomic mass is 15.3. The SMILES string of the molecule is CN1C=Nc2c3c(n(-c4ccc(N)cc4)c2C1N)CCC3. The Morgan fingerprint density at radius 2 is 1.95 bits per heavy atom. The maximum Gasteiger partial charge on any atom is 0.122 e. The summed E-state index contributed by atoms with van der Waals surface area (Å²) in [5.74, 6) is 0. The Morgan fingerprint density at radius 3 is 2.71 bits per heavy atom. The molecule has 0 saturated heterocycles. The first-order chi connectivity index (χ1) is 10.2. The minimum atomic E-state index is -0.166. The van der Waals surface area contributed by atoms with E-state index in [1.807, 2.05) is 30.4 Å². The summed E-state index contributed by atoms with van der Waals surface area (Å²) in [5.41, 5.74) is 19.0. The van der Waals surface area contributed by atoms with Crippen LogP contribution in [-0.4, -0.2) is 22.9 Å². The molecule has 1 unspecified atom stereocenters. The van der Waals surface area contributed by atoms with E-state index in [9.17, 15) is 0 Å². The summed E-state index contributed by atoms with van der Waals surface area (Å²) in [7, 11) is 1.96. The first kappa shape index (κ1) is 12.5. The molecule has 1 aliphatic carbocycles. The third-order valence-electron chi connectivity index (χ3n) is 4.47. The summed E-state index contributed by atoms with van der Waals surface area (Å²) in [6.45, 7) is 0. The Morgan fingerprint density at radius 1 is 1.19 bits per heavy atom. The van der Waals surface area contributed by atoms with Gasteiger partial charge in [-0.2, -0.15) is 0 Å². The highest BCUT2D eigenvalue weighted by Crippen LogP contribution is 2.43. The van der Waals surface area contributed by atoms with Crippen LogP contribution >= 0.6 is 0 Å². The zero-order valence-corrected chi connectivity index (χ0v) is 12.1. The second kappa shape index (κ2) is 4.36. The molecule has 4 rings (SSSR count). The molecule has 5 heteroatoms. The third kappa shape index (κ3) is 1.70. The smallest absolute Gasteiger partial charge is 0.122 e. The van der Waals surface area contributed by atoms with Gasteiger partial charge in [0.25, 0.3) is 0 Å². The molecule has 1 atom stereocenters. The predicted octanol–water partition coefficient (Wildman–Crippen LogP) is 2.11. The van der Waals surface area contributed by atoms with Crippen molar-refractivity contribution in [2.24, 2.45) is 10.7 Å². The Bertz CT molecular complexity index is 726. The van der Waals surface area contributed by atoms with Crippen LogP contribution < -0.4 is 11.5 Å². The fraction of sp³-hybridized carbons (Fsp3) is 0.312. The monoisotopic (exact) mass is 281 g/mol. The molecule has 0 bridgehead atoms. The molecule has 2 heterocycles. The van der Waals surface area contributed by atoms with E-state index in [0.29, 0.717) is 0 Å². The topological polar surface area (TPSA) is 72.6 Å². The zero-order valence-electron chi connectivity index (χ0n) is 12.1. The van der Waals surface area contributed by atoms with E-state index in [1.54, 1.807) is 0 Å². The van der Waals surface area contributed by atoms with Crippen LogP contribution in [0.3, 0.4) is 0 Å². The van der Waals surface area contributed by atoms with Gasteiger partial charge < -0.3 is 20.9 Å². The number of hydrogen-bond donors (Lipinski definition) is 2. The van der Waals surface area contributed by atoms with Crippen LogP contribution in [0, 0.1) is 0 Å². The van der Waals surface area contributed by atoms with Gasteiger partial charge in [0.05, 0.1) is 17.7 Å². The lowest BCUT2D eigenvalue weighted by atomic mass is 10.1. The van der Waals surface area contributed by atoms with Gasteiger partial charge in [-0.15, -0.1) is 0 Å². The van der Waals surface area contributed by atoms with Gasteiger partial charge in [0, 0.05) is 24.1 Å². The Hall–Kier alpha value is -2.27. The van der Waals surface area contributed by atoms with Crippen molar-refractivity contribution < 1.29 is 0 Å². The minimum absolute atomic E-state index is 0.166. The standard InChI is InChI=1S/C16H19N5/c1-20-9-19-14-12-3-2-4-13(12)21(15(14)16(20)18)11-7-5-10(17)6-8-11/h5-9,16H,2-4,17-18H2,1H3. The molecule has 1 aromatic heterocycles. The largest absolute Gasteiger partial charge is 0.399 e. The normalized spacial score (nSPS) is 19.7. The van der Waals surface area contributed by atoms with Crippen molar-refractivity contribution in [3.63, 3.8) is 0 Å². The fourth-order valence-electron chi connectivity index (χ4n) is 3.38. The molecular weight excluding hydrogens is 262 g/mol. The maximum absolute atomic E-state index is 6.41. The number of rotatable bonds is 1. The molecule has 2 aliphatic rings. The fourth-order valence-corrected chi connectivity index (χ4v) is 3.38. The number of fused-ring (bicyclic) bond motifs is 3. The Kier molecular flexibility index (Phi) is 2.59. The second-order valence-corrected chi connectivity index (χ2v) is 5.79. The number of aliphatic imine (C=N–C) groups is 1. The van der Waals surface area contributed by atoms with E-state index in [4.69, 9.17) is 11.5 Å². The summed E-state index contributed by atoms with van der Waals surface area (Å²) in [5, 5.41) is 0. The van der Waals surface area contributed by atoms with Crippen molar-refractivity contribution in [2.75, 3.05) is 12.8 Å². The molecule has 1 aliphatic heterocycles. The summed E-state index contributed by atoms with van der Waals surface area (Å²) >= 11 is 0. The van der Waals surface area contributed by atoms with Gasteiger partial charge >= 0.3 is 0 Å². The molecule has 108 valence electrons.